The van der Waals surface area contributed by atoms with Gasteiger partial charge in [0.2, 0.25) is 5.91 Å². The second-order valence-electron chi connectivity index (χ2n) is 4.88. The van der Waals surface area contributed by atoms with Crippen molar-refractivity contribution in [2.24, 2.45) is 0 Å². The average molecular weight is 333 g/mol. The molecule has 5 nitrogen and oxygen atoms in total. The lowest BCUT2D eigenvalue weighted by Crippen LogP contribution is -2.22. The van der Waals surface area contributed by atoms with Crippen LogP contribution in [0.3, 0.4) is 0 Å². The summed E-state index contributed by atoms with van der Waals surface area (Å²) >= 11 is 5.92. The van der Waals surface area contributed by atoms with Crippen LogP contribution in [0.15, 0.2) is 42.5 Å². The van der Waals surface area contributed by atoms with Gasteiger partial charge in [-0.3, -0.25) is 9.59 Å². The van der Waals surface area contributed by atoms with E-state index < -0.39 is 0 Å². The van der Waals surface area contributed by atoms with Crippen LogP contribution in [0.1, 0.15) is 17.3 Å². The van der Waals surface area contributed by atoms with E-state index in [0.29, 0.717) is 22.0 Å². The lowest BCUT2D eigenvalue weighted by Gasteiger charge is -2.11. The van der Waals surface area contributed by atoms with E-state index in [1.165, 1.54) is 14.0 Å². The molecule has 0 fully saturated rings. The maximum Gasteiger partial charge on any atom is 0.243 e. The van der Waals surface area contributed by atoms with Gasteiger partial charge in [0.1, 0.15) is 5.75 Å². The van der Waals surface area contributed by atoms with Crippen molar-refractivity contribution in [2.75, 3.05) is 24.3 Å². The third kappa shape index (κ3) is 4.72. The van der Waals surface area contributed by atoms with Gasteiger partial charge in [0, 0.05) is 16.3 Å². The molecule has 0 aromatic heterocycles. The van der Waals surface area contributed by atoms with E-state index in [2.05, 4.69) is 10.6 Å². The van der Waals surface area contributed by atoms with Gasteiger partial charge in [0.15, 0.2) is 5.78 Å². The van der Waals surface area contributed by atoms with Crippen LogP contribution in [0.4, 0.5) is 11.4 Å². The van der Waals surface area contributed by atoms with Gasteiger partial charge in [0.25, 0.3) is 0 Å². The van der Waals surface area contributed by atoms with Gasteiger partial charge < -0.3 is 15.4 Å². The van der Waals surface area contributed by atoms with Gasteiger partial charge >= 0.3 is 0 Å². The number of hydrogen-bond acceptors (Lipinski definition) is 4. The summed E-state index contributed by atoms with van der Waals surface area (Å²) in [5.41, 5.74) is 1.89. The molecule has 0 aliphatic heterocycles. The Morgan fingerprint density at radius 2 is 1.83 bits per heavy atom. The maximum absolute atomic E-state index is 12.0. The lowest BCUT2D eigenvalue weighted by molar-refractivity contribution is -0.114. The Kier molecular flexibility index (Phi) is 5.60. The average Bonchev–Trinajstić information content (AvgIpc) is 2.53. The number of methoxy groups -OCH3 is 1. The molecule has 0 unspecified atom stereocenters. The van der Waals surface area contributed by atoms with Crippen LogP contribution in [0.25, 0.3) is 0 Å². The molecule has 6 heteroatoms. The van der Waals surface area contributed by atoms with Gasteiger partial charge in [-0.2, -0.15) is 0 Å². The molecule has 2 N–H and O–H groups in total. The second kappa shape index (κ2) is 7.65. The van der Waals surface area contributed by atoms with Crippen LogP contribution >= 0.6 is 11.6 Å². The fraction of sp³-hybridized carbons (Fsp3) is 0.176. The monoisotopic (exact) mass is 332 g/mol. The second-order valence-corrected chi connectivity index (χ2v) is 5.32. The Morgan fingerprint density at radius 3 is 2.43 bits per heavy atom. The van der Waals surface area contributed by atoms with E-state index in [1.807, 2.05) is 0 Å². The first kappa shape index (κ1) is 16.8. The molecule has 0 heterocycles. The van der Waals surface area contributed by atoms with Crippen LogP contribution in [-0.4, -0.2) is 25.3 Å². The Bertz CT molecular complexity index is 714. The summed E-state index contributed by atoms with van der Waals surface area (Å²) in [4.78, 5) is 23.2. The van der Waals surface area contributed by atoms with E-state index >= 15 is 0 Å². The molecule has 0 atom stereocenters. The van der Waals surface area contributed by atoms with E-state index in [4.69, 9.17) is 16.3 Å². The predicted octanol–water partition coefficient (Wildman–Crippen LogP) is 3.60. The summed E-state index contributed by atoms with van der Waals surface area (Å²) in [6.07, 6.45) is 0. The molecule has 0 spiro atoms. The number of ketones is 1. The van der Waals surface area contributed by atoms with Gasteiger partial charge in [-0.15, -0.1) is 0 Å². The highest BCUT2D eigenvalue weighted by Gasteiger charge is 2.08. The zero-order chi connectivity index (χ0) is 16.8. The largest absolute Gasteiger partial charge is 0.495 e. The first-order valence-electron chi connectivity index (χ1n) is 6.98. The minimum atomic E-state index is -0.235. The molecule has 0 radical (unpaired) electrons. The minimum Gasteiger partial charge on any atom is -0.495 e. The van der Waals surface area contributed by atoms with Crippen molar-refractivity contribution in [2.45, 2.75) is 6.92 Å². The predicted molar refractivity (Wildman–Crippen MR) is 91.6 cm³/mol. The van der Waals surface area contributed by atoms with Crippen LogP contribution in [0.5, 0.6) is 5.75 Å². The van der Waals surface area contributed by atoms with Crippen molar-refractivity contribution >= 4 is 34.7 Å². The molecule has 120 valence electrons. The number of Topliss-reactive ketones (excluding diaryl/α,β-unsaturated/α-hetero) is 1. The highest BCUT2D eigenvalue weighted by atomic mass is 35.5. The maximum atomic E-state index is 12.0. The number of amides is 1. The number of anilines is 2. The minimum absolute atomic E-state index is 0.00217. The molecule has 0 bridgehead atoms. The number of halogens is 1. The van der Waals surface area contributed by atoms with Crippen molar-refractivity contribution in [3.05, 3.63) is 53.1 Å². The van der Waals surface area contributed by atoms with Crippen LogP contribution in [-0.2, 0) is 4.79 Å². The number of rotatable bonds is 6. The molecule has 0 aliphatic rings. The molecule has 0 aliphatic carbocycles. The van der Waals surface area contributed by atoms with E-state index in [1.54, 1.807) is 42.5 Å². The Hall–Kier alpha value is -2.53. The van der Waals surface area contributed by atoms with Crippen LogP contribution in [0, 0.1) is 0 Å². The number of benzene rings is 2. The first-order chi connectivity index (χ1) is 11.0. The Balaban J connectivity index is 1.95. The number of carbonyl (C=O) groups is 2. The standard InChI is InChI=1S/C17H17ClN2O3/c1-11(21)12-3-6-14(7-4-12)19-10-17(22)20-15-9-13(18)5-8-16(15)23-2/h3-9,19H,10H2,1-2H3,(H,20,22). The lowest BCUT2D eigenvalue weighted by atomic mass is 10.1. The van der Waals surface area contributed by atoms with Crippen LogP contribution in [0.2, 0.25) is 5.02 Å². The highest BCUT2D eigenvalue weighted by molar-refractivity contribution is 6.31. The van der Waals surface area contributed by atoms with E-state index in [9.17, 15) is 9.59 Å². The first-order valence-corrected chi connectivity index (χ1v) is 7.35. The van der Waals surface area contributed by atoms with Gasteiger partial charge in [-0.1, -0.05) is 11.6 Å². The Morgan fingerprint density at radius 1 is 1.13 bits per heavy atom. The fourth-order valence-corrected chi connectivity index (χ4v) is 2.15. The Labute approximate surface area is 139 Å². The van der Waals surface area contributed by atoms with Gasteiger partial charge in [-0.25, -0.2) is 0 Å². The fourth-order valence-electron chi connectivity index (χ4n) is 1.98. The number of carbonyl (C=O) groups excluding carboxylic acids is 2. The zero-order valence-electron chi connectivity index (χ0n) is 12.9. The molecule has 2 rings (SSSR count). The smallest absolute Gasteiger partial charge is 0.243 e. The quantitative estimate of drug-likeness (QED) is 0.793. The number of nitrogens with one attached hydrogen (secondary N) is 2. The summed E-state index contributed by atoms with van der Waals surface area (Å²) in [6.45, 7) is 1.59. The molecule has 0 saturated heterocycles. The molecular formula is C17H17ClN2O3. The van der Waals surface area contributed by atoms with E-state index in [0.717, 1.165) is 5.69 Å². The van der Waals surface area contributed by atoms with Crippen molar-refractivity contribution in [3.63, 3.8) is 0 Å². The molecule has 23 heavy (non-hydrogen) atoms. The molecule has 0 saturated carbocycles. The normalized spacial score (nSPS) is 10.0. The molecule has 1 amide bonds. The third-order valence-electron chi connectivity index (χ3n) is 3.18. The topological polar surface area (TPSA) is 67.4 Å². The summed E-state index contributed by atoms with van der Waals surface area (Å²) in [5, 5.41) is 6.23. The summed E-state index contributed by atoms with van der Waals surface area (Å²) < 4.78 is 5.17. The summed E-state index contributed by atoms with van der Waals surface area (Å²) in [7, 11) is 1.52. The SMILES string of the molecule is COc1ccc(Cl)cc1NC(=O)CNc1ccc(C(C)=O)cc1. The number of ether oxygens (including phenoxy) is 1. The van der Waals surface area contributed by atoms with Crippen molar-refractivity contribution in [1.82, 2.24) is 0 Å². The summed E-state index contributed by atoms with van der Waals surface area (Å²) in [5.74, 6) is 0.303. The molecule has 2 aromatic rings. The van der Waals surface area contributed by atoms with Gasteiger partial charge in [-0.05, 0) is 49.4 Å². The highest BCUT2D eigenvalue weighted by Crippen LogP contribution is 2.27. The zero-order valence-corrected chi connectivity index (χ0v) is 13.6. The third-order valence-corrected chi connectivity index (χ3v) is 3.42. The van der Waals surface area contributed by atoms with E-state index in [-0.39, 0.29) is 18.2 Å². The number of hydrogen-bond donors (Lipinski definition) is 2. The van der Waals surface area contributed by atoms with Gasteiger partial charge in [0.05, 0.1) is 19.3 Å². The molecular weight excluding hydrogens is 316 g/mol. The van der Waals surface area contributed by atoms with Crippen molar-refractivity contribution in [1.29, 1.82) is 0 Å². The summed E-state index contributed by atoms with van der Waals surface area (Å²) in [6, 6.07) is 11.9. The van der Waals surface area contributed by atoms with Crippen molar-refractivity contribution < 1.29 is 14.3 Å². The van der Waals surface area contributed by atoms with Crippen molar-refractivity contribution in [3.8, 4) is 5.75 Å². The molecule has 2 aromatic carbocycles. The van der Waals surface area contributed by atoms with Crippen LogP contribution < -0.4 is 15.4 Å².